The molecule has 0 saturated carbocycles. The number of allylic oxidation sites excluding steroid dienone is 1. The van der Waals surface area contributed by atoms with E-state index >= 15 is 0 Å². The quantitative estimate of drug-likeness (QED) is 0.722. The van der Waals surface area contributed by atoms with Crippen LogP contribution in [-0.4, -0.2) is 0 Å². The van der Waals surface area contributed by atoms with Crippen molar-refractivity contribution in [1.82, 2.24) is 0 Å². The first-order valence-corrected chi connectivity index (χ1v) is 4.94. The molecule has 13 heavy (non-hydrogen) atoms. The molecule has 4 heteroatoms. The number of hydrogen-bond acceptors (Lipinski definition) is 1. The molecular formula is C9H4Br2FN. The summed E-state index contributed by atoms with van der Waals surface area (Å²) in [6.45, 7) is 0. The van der Waals surface area contributed by atoms with Crippen LogP contribution in [0.5, 0.6) is 0 Å². The third-order valence-corrected chi connectivity index (χ3v) is 2.48. The van der Waals surface area contributed by atoms with Crippen LogP contribution >= 0.6 is 31.9 Å². The Balaban J connectivity index is 3.22. The monoisotopic (exact) mass is 303 g/mol. The Morgan fingerprint density at radius 2 is 2.08 bits per heavy atom. The molecule has 0 aliphatic carbocycles. The van der Waals surface area contributed by atoms with Crippen LogP contribution < -0.4 is 0 Å². The highest BCUT2D eigenvalue weighted by atomic mass is 79.9. The second kappa shape index (κ2) is 4.54. The highest BCUT2D eigenvalue weighted by molar-refractivity contribution is 9.11. The van der Waals surface area contributed by atoms with Gasteiger partial charge in [0.2, 0.25) is 0 Å². The van der Waals surface area contributed by atoms with Gasteiger partial charge in [0, 0.05) is 20.6 Å². The van der Waals surface area contributed by atoms with Gasteiger partial charge in [-0.25, -0.2) is 4.39 Å². The normalized spacial score (nSPS) is 10.3. The number of hydrogen-bond donors (Lipinski definition) is 0. The van der Waals surface area contributed by atoms with E-state index in [4.69, 9.17) is 5.26 Å². The van der Waals surface area contributed by atoms with Gasteiger partial charge in [0.25, 0.3) is 0 Å². The van der Waals surface area contributed by atoms with Crippen LogP contribution in [0.1, 0.15) is 5.56 Å². The van der Waals surface area contributed by atoms with Gasteiger partial charge in [-0.3, -0.25) is 0 Å². The molecule has 0 radical (unpaired) electrons. The molecule has 0 atom stereocenters. The lowest BCUT2D eigenvalue weighted by atomic mass is 10.2. The topological polar surface area (TPSA) is 23.8 Å². The van der Waals surface area contributed by atoms with E-state index < -0.39 is 0 Å². The first-order chi connectivity index (χ1) is 6.15. The summed E-state index contributed by atoms with van der Waals surface area (Å²) in [4.78, 5) is 0. The lowest BCUT2D eigenvalue weighted by Gasteiger charge is -2.00. The molecule has 1 aromatic carbocycles. The molecule has 0 unspecified atom stereocenters. The van der Waals surface area contributed by atoms with Gasteiger partial charge >= 0.3 is 0 Å². The van der Waals surface area contributed by atoms with E-state index in [1.54, 1.807) is 12.1 Å². The lowest BCUT2D eigenvalue weighted by Crippen LogP contribution is -1.84. The smallest absolute Gasteiger partial charge is 0.132 e. The second-order valence-electron chi connectivity index (χ2n) is 2.25. The number of benzene rings is 1. The predicted molar refractivity (Wildman–Crippen MR) is 56.4 cm³/mol. The maximum atomic E-state index is 13.2. The van der Waals surface area contributed by atoms with E-state index in [0.29, 0.717) is 14.5 Å². The third kappa shape index (κ3) is 2.64. The van der Waals surface area contributed by atoms with Gasteiger partial charge in [0.1, 0.15) is 5.82 Å². The van der Waals surface area contributed by atoms with Gasteiger partial charge in [0.05, 0.1) is 6.07 Å². The summed E-state index contributed by atoms with van der Waals surface area (Å²) < 4.78 is 14.5. The number of rotatable bonds is 1. The Bertz CT molecular complexity index is 370. The maximum Gasteiger partial charge on any atom is 0.132 e. The molecular weight excluding hydrogens is 301 g/mol. The first-order valence-electron chi connectivity index (χ1n) is 3.36. The van der Waals surface area contributed by atoms with E-state index in [1.165, 1.54) is 18.2 Å². The van der Waals surface area contributed by atoms with E-state index in [1.807, 2.05) is 0 Å². The third-order valence-electron chi connectivity index (χ3n) is 1.37. The van der Waals surface area contributed by atoms with Crippen LogP contribution in [0.15, 0.2) is 27.2 Å². The fourth-order valence-electron chi connectivity index (χ4n) is 0.833. The Morgan fingerprint density at radius 1 is 1.38 bits per heavy atom. The van der Waals surface area contributed by atoms with Crippen molar-refractivity contribution < 1.29 is 4.39 Å². The first kappa shape index (κ1) is 10.4. The molecule has 0 N–H and O–H groups in total. The van der Waals surface area contributed by atoms with Crippen LogP contribution in [0.25, 0.3) is 6.08 Å². The number of halogens is 3. The molecule has 0 aromatic heterocycles. The molecule has 0 aliphatic rings. The van der Waals surface area contributed by atoms with E-state index in [2.05, 4.69) is 31.9 Å². The zero-order valence-corrected chi connectivity index (χ0v) is 9.56. The summed E-state index contributed by atoms with van der Waals surface area (Å²) in [6, 6.07) is 4.88. The average Bonchev–Trinajstić information content (AvgIpc) is 2.02. The van der Waals surface area contributed by atoms with Crippen LogP contribution in [0, 0.1) is 17.1 Å². The Morgan fingerprint density at radius 3 is 2.62 bits per heavy atom. The summed E-state index contributed by atoms with van der Waals surface area (Å²) in [7, 11) is 0. The van der Waals surface area contributed by atoms with E-state index in [-0.39, 0.29) is 5.82 Å². The van der Waals surface area contributed by atoms with Gasteiger partial charge < -0.3 is 0 Å². The fraction of sp³-hybridized carbons (Fsp3) is 0. The molecule has 0 amide bonds. The van der Waals surface area contributed by atoms with Gasteiger partial charge in [-0.2, -0.15) is 5.26 Å². The number of nitriles is 1. The SMILES string of the molecule is N#CC=Cc1c(F)cc(Br)cc1Br. The van der Waals surface area contributed by atoms with Crippen molar-refractivity contribution in [2.24, 2.45) is 0 Å². The minimum atomic E-state index is -0.368. The summed E-state index contributed by atoms with van der Waals surface area (Å²) in [5.74, 6) is -0.368. The standard InChI is InChI=1S/C9H4Br2FN/c10-6-4-8(11)7(2-1-3-13)9(12)5-6/h1-2,4-5H. The largest absolute Gasteiger partial charge is 0.206 e. The van der Waals surface area contributed by atoms with Crippen molar-refractivity contribution in [3.8, 4) is 6.07 Å². The van der Waals surface area contributed by atoms with Crippen molar-refractivity contribution in [2.45, 2.75) is 0 Å². The molecule has 0 aliphatic heterocycles. The summed E-state index contributed by atoms with van der Waals surface area (Å²) >= 11 is 6.35. The van der Waals surface area contributed by atoms with Gasteiger partial charge in [-0.15, -0.1) is 0 Å². The second-order valence-corrected chi connectivity index (χ2v) is 4.02. The van der Waals surface area contributed by atoms with Crippen molar-refractivity contribution >= 4 is 37.9 Å². The molecule has 66 valence electrons. The maximum absolute atomic E-state index is 13.2. The van der Waals surface area contributed by atoms with Crippen molar-refractivity contribution in [3.63, 3.8) is 0 Å². The molecule has 0 bridgehead atoms. The molecule has 1 rings (SSSR count). The Kier molecular flexibility index (Phi) is 3.64. The highest BCUT2D eigenvalue weighted by Crippen LogP contribution is 2.25. The van der Waals surface area contributed by atoms with Crippen LogP contribution in [0.4, 0.5) is 4.39 Å². The molecule has 1 nitrogen and oxygen atoms in total. The van der Waals surface area contributed by atoms with Gasteiger partial charge in [-0.1, -0.05) is 31.9 Å². The molecule has 0 fully saturated rings. The van der Waals surface area contributed by atoms with Crippen molar-refractivity contribution in [3.05, 3.63) is 38.5 Å². The minimum Gasteiger partial charge on any atom is -0.206 e. The minimum absolute atomic E-state index is 0.368. The fourth-order valence-corrected chi connectivity index (χ4v) is 2.14. The van der Waals surface area contributed by atoms with Gasteiger partial charge in [-0.05, 0) is 18.2 Å². The summed E-state index contributed by atoms with van der Waals surface area (Å²) in [5, 5.41) is 8.28. The molecule has 0 heterocycles. The van der Waals surface area contributed by atoms with Crippen molar-refractivity contribution in [2.75, 3.05) is 0 Å². The Hall–Kier alpha value is -0.660. The summed E-state index contributed by atoms with van der Waals surface area (Å²) in [5.41, 5.74) is 0.379. The number of nitrogens with zero attached hydrogens (tertiary/aromatic N) is 1. The summed E-state index contributed by atoms with van der Waals surface area (Å²) in [6.07, 6.45) is 2.66. The zero-order valence-electron chi connectivity index (χ0n) is 6.39. The lowest BCUT2D eigenvalue weighted by molar-refractivity contribution is 0.623. The van der Waals surface area contributed by atoms with Crippen LogP contribution in [-0.2, 0) is 0 Å². The molecule has 1 aromatic rings. The zero-order chi connectivity index (χ0) is 9.84. The van der Waals surface area contributed by atoms with Gasteiger partial charge in [0.15, 0.2) is 0 Å². The predicted octanol–water partition coefficient (Wildman–Crippen LogP) is 3.89. The van der Waals surface area contributed by atoms with Crippen molar-refractivity contribution in [1.29, 1.82) is 5.26 Å². The highest BCUT2D eigenvalue weighted by Gasteiger charge is 2.04. The Labute approximate surface area is 92.1 Å². The molecule has 0 spiro atoms. The van der Waals surface area contributed by atoms with E-state index in [9.17, 15) is 4.39 Å². The van der Waals surface area contributed by atoms with Crippen LogP contribution in [0.3, 0.4) is 0 Å². The average molecular weight is 305 g/mol. The van der Waals surface area contributed by atoms with Crippen LogP contribution in [0.2, 0.25) is 0 Å². The van der Waals surface area contributed by atoms with E-state index in [0.717, 1.165) is 0 Å². The molecule has 0 saturated heterocycles.